The minimum atomic E-state index is -0.157. The Morgan fingerprint density at radius 2 is 2.21 bits per heavy atom. The second kappa shape index (κ2) is 6.31. The van der Waals surface area contributed by atoms with Crippen LogP contribution in [-0.2, 0) is 18.4 Å². The molecule has 2 N–H and O–H groups in total. The quantitative estimate of drug-likeness (QED) is 0.863. The first-order chi connectivity index (χ1) is 9.16. The molecule has 1 aromatic carbocycles. The maximum absolute atomic E-state index is 11.7. The summed E-state index contributed by atoms with van der Waals surface area (Å²) >= 11 is 5.95. The number of carbonyl (C=O) groups is 1. The van der Waals surface area contributed by atoms with Crippen molar-refractivity contribution in [1.29, 1.82) is 0 Å². The van der Waals surface area contributed by atoms with Gasteiger partial charge in [-0.2, -0.15) is 0 Å². The van der Waals surface area contributed by atoms with Gasteiger partial charge in [0.2, 0.25) is 5.91 Å². The molecule has 0 unspecified atom stereocenters. The van der Waals surface area contributed by atoms with Gasteiger partial charge in [0.1, 0.15) is 12.2 Å². The van der Waals surface area contributed by atoms with Gasteiger partial charge in [-0.1, -0.05) is 23.7 Å². The number of amides is 1. The highest BCUT2D eigenvalue weighted by Crippen LogP contribution is 2.19. The molecule has 0 aliphatic carbocycles. The van der Waals surface area contributed by atoms with Crippen LogP contribution < -0.4 is 10.6 Å². The molecule has 0 fully saturated rings. The Morgan fingerprint density at radius 3 is 2.89 bits per heavy atom. The van der Waals surface area contributed by atoms with Gasteiger partial charge in [-0.15, -0.1) is 10.2 Å². The fourth-order valence-electron chi connectivity index (χ4n) is 1.51. The van der Waals surface area contributed by atoms with Gasteiger partial charge in [-0.05, 0) is 12.1 Å². The number of halogens is 1. The molecule has 1 amide bonds. The summed E-state index contributed by atoms with van der Waals surface area (Å²) in [6.07, 6.45) is 1.61. The van der Waals surface area contributed by atoms with E-state index in [9.17, 15) is 4.79 Å². The van der Waals surface area contributed by atoms with Crippen molar-refractivity contribution in [1.82, 2.24) is 20.1 Å². The Balaban J connectivity index is 1.79. The van der Waals surface area contributed by atoms with E-state index in [4.69, 9.17) is 11.6 Å². The first-order valence-electron chi connectivity index (χ1n) is 5.75. The lowest BCUT2D eigenvalue weighted by Gasteiger charge is -2.07. The zero-order valence-corrected chi connectivity index (χ0v) is 11.2. The molecule has 6 nitrogen and oxygen atoms in total. The highest BCUT2D eigenvalue weighted by Gasteiger charge is 2.06. The van der Waals surface area contributed by atoms with E-state index in [1.165, 1.54) is 0 Å². The van der Waals surface area contributed by atoms with Crippen molar-refractivity contribution in [3.63, 3.8) is 0 Å². The fraction of sp³-hybridized carbons (Fsp3) is 0.250. The van der Waals surface area contributed by atoms with Gasteiger partial charge < -0.3 is 15.2 Å². The van der Waals surface area contributed by atoms with Crippen molar-refractivity contribution in [3.8, 4) is 0 Å². The number of anilines is 1. The zero-order valence-electron chi connectivity index (χ0n) is 10.4. The van der Waals surface area contributed by atoms with E-state index >= 15 is 0 Å². The van der Waals surface area contributed by atoms with Crippen LogP contribution in [0.4, 0.5) is 5.69 Å². The number of hydrogen-bond donors (Lipinski definition) is 2. The molecule has 0 aliphatic rings. The molecule has 7 heteroatoms. The molecule has 0 aliphatic heterocycles. The summed E-state index contributed by atoms with van der Waals surface area (Å²) in [4.78, 5) is 11.7. The number of hydrogen-bond acceptors (Lipinski definition) is 4. The largest absolute Gasteiger partial charge is 0.324 e. The third-order valence-corrected chi connectivity index (χ3v) is 2.85. The van der Waals surface area contributed by atoms with Crippen LogP contribution in [0.5, 0.6) is 0 Å². The lowest BCUT2D eigenvalue weighted by Crippen LogP contribution is -2.28. The molecule has 0 atom stereocenters. The number of benzene rings is 1. The van der Waals surface area contributed by atoms with Crippen LogP contribution in [0, 0.1) is 0 Å². The lowest BCUT2D eigenvalue weighted by atomic mass is 10.3. The van der Waals surface area contributed by atoms with Crippen molar-refractivity contribution < 1.29 is 4.79 Å². The predicted molar refractivity (Wildman–Crippen MR) is 72.8 cm³/mol. The van der Waals surface area contributed by atoms with Gasteiger partial charge >= 0.3 is 0 Å². The topological polar surface area (TPSA) is 71.8 Å². The fourth-order valence-corrected chi connectivity index (χ4v) is 1.69. The Bertz CT molecular complexity index is 569. The number of carbonyl (C=O) groups excluding carboxylic acids is 1. The zero-order chi connectivity index (χ0) is 13.7. The normalized spacial score (nSPS) is 10.4. The van der Waals surface area contributed by atoms with Gasteiger partial charge in [0.15, 0.2) is 0 Å². The average molecular weight is 280 g/mol. The standard InChI is InChI=1S/C12H14ClN5O/c1-18-8-15-17-11(18)6-14-7-12(19)16-10-5-3-2-4-9(10)13/h2-5,8,14H,6-7H2,1H3,(H,16,19). The van der Waals surface area contributed by atoms with Crippen LogP contribution in [-0.4, -0.2) is 27.2 Å². The molecule has 0 bridgehead atoms. The molecular formula is C12H14ClN5O. The van der Waals surface area contributed by atoms with E-state index in [1.54, 1.807) is 23.0 Å². The number of rotatable bonds is 5. The monoisotopic (exact) mass is 279 g/mol. The Morgan fingerprint density at radius 1 is 1.42 bits per heavy atom. The second-order valence-corrected chi connectivity index (χ2v) is 4.40. The summed E-state index contributed by atoms with van der Waals surface area (Å²) in [5.41, 5.74) is 0.606. The van der Waals surface area contributed by atoms with Crippen LogP contribution in [0.2, 0.25) is 5.02 Å². The average Bonchev–Trinajstić information content (AvgIpc) is 2.78. The van der Waals surface area contributed by atoms with E-state index in [0.717, 1.165) is 5.82 Å². The Hall–Kier alpha value is -1.92. The van der Waals surface area contributed by atoms with Gasteiger partial charge in [-0.3, -0.25) is 4.79 Å². The summed E-state index contributed by atoms with van der Waals surface area (Å²) < 4.78 is 1.79. The molecule has 2 aromatic rings. The van der Waals surface area contributed by atoms with Crippen LogP contribution >= 0.6 is 11.6 Å². The molecule has 0 radical (unpaired) electrons. The van der Waals surface area contributed by atoms with Crippen LogP contribution in [0.25, 0.3) is 0 Å². The molecular weight excluding hydrogens is 266 g/mol. The molecule has 0 spiro atoms. The summed E-state index contributed by atoms with van der Waals surface area (Å²) in [5.74, 6) is 0.612. The van der Waals surface area contributed by atoms with E-state index in [2.05, 4.69) is 20.8 Å². The predicted octanol–water partition coefficient (Wildman–Crippen LogP) is 1.20. The highest BCUT2D eigenvalue weighted by molar-refractivity contribution is 6.33. The Labute approximate surface area is 115 Å². The minimum Gasteiger partial charge on any atom is -0.324 e. The number of aryl methyl sites for hydroxylation is 1. The lowest BCUT2D eigenvalue weighted by molar-refractivity contribution is -0.115. The van der Waals surface area contributed by atoms with Crippen molar-refractivity contribution >= 4 is 23.2 Å². The van der Waals surface area contributed by atoms with Gasteiger partial charge in [0, 0.05) is 7.05 Å². The minimum absolute atomic E-state index is 0.157. The Kier molecular flexibility index (Phi) is 4.48. The smallest absolute Gasteiger partial charge is 0.238 e. The van der Waals surface area contributed by atoms with Crippen LogP contribution in [0.15, 0.2) is 30.6 Å². The molecule has 19 heavy (non-hydrogen) atoms. The first-order valence-corrected chi connectivity index (χ1v) is 6.12. The van der Waals surface area contributed by atoms with E-state index in [0.29, 0.717) is 17.3 Å². The third kappa shape index (κ3) is 3.77. The third-order valence-electron chi connectivity index (χ3n) is 2.52. The summed E-state index contributed by atoms with van der Waals surface area (Å²) in [5, 5.41) is 13.9. The maximum atomic E-state index is 11.7. The van der Waals surface area contributed by atoms with E-state index in [1.807, 2.05) is 19.2 Å². The number of aromatic nitrogens is 3. The van der Waals surface area contributed by atoms with E-state index < -0.39 is 0 Å². The van der Waals surface area contributed by atoms with Gasteiger partial charge in [-0.25, -0.2) is 0 Å². The number of nitrogens with zero attached hydrogens (tertiary/aromatic N) is 3. The maximum Gasteiger partial charge on any atom is 0.238 e. The SMILES string of the molecule is Cn1cnnc1CNCC(=O)Nc1ccccc1Cl. The summed E-state index contributed by atoms with van der Waals surface area (Å²) in [6.45, 7) is 0.657. The number of para-hydroxylation sites is 1. The molecule has 0 saturated carbocycles. The van der Waals surface area contributed by atoms with Gasteiger partial charge in [0.25, 0.3) is 0 Å². The summed E-state index contributed by atoms with van der Waals surface area (Å²) in [7, 11) is 1.85. The van der Waals surface area contributed by atoms with E-state index in [-0.39, 0.29) is 12.5 Å². The first kappa shape index (κ1) is 13.5. The van der Waals surface area contributed by atoms with Crippen LogP contribution in [0.1, 0.15) is 5.82 Å². The molecule has 1 heterocycles. The molecule has 1 aromatic heterocycles. The van der Waals surface area contributed by atoms with Crippen molar-refractivity contribution in [2.24, 2.45) is 7.05 Å². The van der Waals surface area contributed by atoms with Crippen LogP contribution in [0.3, 0.4) is 0 Å². The molecule has 100 valence electrons. The number of nitrogens with one attached hydrogen (secondary N) is 2. The molecule has 0 saturated heterocycles. The second-order valence-electron chi connectivity index (χ2n) is 3.99. The van der Waals surface area contributed by atoms with Crippen molar-refractivity contribution in [3.05, 3.63) is 41.4 Å². The van der Waals surface area contributed by atoms with Crippen molar-refractivity contribution in [2.75, 3.05) is 11.9 Å². The van der Waals surface area contributed by atoms with Crippen molar-refractivity contribution in [2.45, 2.75) is 6.54 Å². The highest BCUT2D eigenvalue weighted by atomic mass is 35.5. The summed E-state index contributed by atoms with van der Waals surface area (Å²) in [6, 6.07) is 7.10. The van der Waals surface area contributed by atoms with Gasteiger partial charge in [0.05, 0.1) is 23.8 Å². The molecule has 2 rings (SSSR count).